The number of nitrogens with one attached hydrogen (secondary N) is 1. The van der Waals surface area contributed by atoms with Crippen LogP contribution in [0.1, 0.15) is 16.1 Å². The third-order valence-electron chi connectivity index (χ3n) is 5.24. The minimum Gasteiger partial charge on any atom is -0.452 e. The lowest BCUT2D eigenvalue weighted by molar-refractivity contribution is -0.119. The molecule has 0 bridgehead atoms. The molecule has 1 amide bonds. The monoisotopic (exact) mass is 431 g/mol. The van der Waals surface area contributed by atoms with Gasteiger partial charge in [-0.15, -0.1) is 0 Å². The van der Waals surface area contributed by atoms with Crippen LogP contribution < -0.4 is 10.2 Å². The Hall–Kier alpha value is -3.71. The third kappa shape index (κ3) is 5.31. The number of pyridine rings is 1. The molecule has 3 aromatic rings. The van der Waals surface area contributed by atoms with E-state index in [1.165, 1.54) is 0 Å². The first-order valence-corrected chi connectivity index (χ1v) is 10.5. The first-order chi connectivity index (χ1) is 15.6. The zero-order chi connectivity index (χ0) is 22.3. The number of aryl methyl sites for hydroxylation is 1. The molecule has 1 N–H and O–H groups in total. The maximum absolute atomic E-state index is 12.4. The lowest BCUT2D eigenvalue weighted by Crippen LogP contribution is -2.36. The summed E-state index contributed by atoms with van der Waals surface area (Å²) >= 11 is 0. The van der Waals surface area contributed by atoms with Crippen LogP contribution in [0.4, 0.5) is 11.4 Å². The summed E-state index contributed by atoms with van der Waals surface area (Å²) in [5.74, 6) is -0.976. The number of nitrogens with zero attached hydrogens (tertiary/aromatic N) is 2. The van der Waals surface area contributed by atoms with Gasteiger partial charge in [-0.05, 0) is 43.3 Å². The minimum absolute atomic E-state index is 0.340. The number of rotatable bonds is 6. The summed E-state index contributed by atoms with van der Waals surface area (Å²) in [7, 11) is 0. The molecular weight excluding hydrogens is 406 g/mol. The van der Waals surface area contributed by atoms with E-state index in [4.69, 9.17) is 9.47 Å². The molecule has 7 heteroatoms. The molecular formula is C25H25N3O4. The van der Waals surface area contributed by atoms with Crippen LogP contribution >= 0.6 is 0 Å². The average Bonchev–Trinajstić information content (AvgIpc) is 2.84. The number of anilines is 2. The molecule has 1 saturated heterocycles. The van der Waals surface area contributed by atoms with Gasteiger partial charge in [0.25, 0.3) is 5.91 Å². The van der Waals surface area contributed by atoms with E-state index in [9.17, 15) is 9.59 Å². The summed E-state index contributed by atoms with van der Waals surface area (Å²) in [5.41, 5.74) is 4.36. The van der Waals surface area contributed by atoms with Crippen LogP contribution in [0.15, 0.2) is 66.7 Å². The maximum Gasteiger partial charge on any atom is 0.340 e. The molecule has 7 nitrogen and oxygen atoms in total. The predicted molar refractivity (Wildman–Crippen MR) is 123 cm³/mol. The number of aromatic nitrogens is 1. The summed E-state index contributed by atoms with van der Waals surface area (Å²) in [4.78, 5) is 31.4. The van der Waals surface area contributed by atoms with Crippen molar-refractivity contribution < 1.29 is 19.1 Å². The number of ether oxygens (including phenoxy) is 2. The molecule has 0 saturated carbocycles. The van der Waals surface area contributed by atoms with Crippen LogP contribution in [0, 0.1) is 6.92 Å². The van der Waals surface area contributed by atoms with E-state index in [0.717, 1.165) is 30.0 Å². The fraction of sp³-hybridized carbons (Fsp3) is 0.240. The molecule has 0 atom stereocenters. The van der Waals surface area contributed by atoms with Crippen molar-refractivity contribution in [2.75, 3.05) is 43.1 Å². The van der Waals surface area contributed by atoms with Crippen LogP contribution in [0.3, 0.4) is 0 Å². The number of hydrogen-bond acceptors (Lipinski definition) is 6. The molecule has 2 aromatic carbocycles. The molecule has 0 aliphatic carbocycles. The van der Waals surface area contributed by atoms with Gasteiger partial charge in [0.05, 0.1) is 30.2 Å². The van der Waals surface area contributed by atoms with Crippen LogP contribution in [0.5, 0.6) is 0 Å². The van der Waals surface area contributed by atoms with Crippen molar-refractivity contribution in [2.24, 2.45) is 0 Å². The Morgan fingerprint density at radius 1 is 1.00 bits per heavy atom. The lowest BCUT2D eigenvalue weighted by Gasteiger charge is -2.28. The lowest BCUT2D eigenvalue weighted by atomic mass is 10.1. The summed E-state index contributed by atoms with van der Waals surface area (Å²) in [6, 6.07) is 20.7. The second kappa shape index (κ2) is 10.1. The highest BCUT2D eigenvalue weighted by molar-refractivity contribution is 5.96. The maximum atomic E-state index is 12.4. The van der Waals surface area contributed by atoms with Gasteiger partial charge in [0.2, 0.25) is 0 Å². The van der Waals surface area contributed by atoms with E-state index in [1.54, 1.807) is 19.1 Å². The number of benzene rings is 2. The highest BCUT2D eigenvalue weighted by Gasteiger charge is 2.15. The fourth-order valence-corrected chi connectivity index (χ4v) is 3.53. The van der Waals surface area contributed by atoms with Gasteiger partial charge < -0.3 is 19.7 Å². The number of hydrogen-bond donors (Lipinski definition) is 1. The van der Waals surface area contributed by atoms with Gasteiger partial charge in [0, 0.05) is 30.0 Å². The van der Waals surface area contributed by atoms with Crippen molar-refractivity contribution >= 4 is 23.3 Å². The summed E-state index contributed by atoms with van der Waals surface area (Å²) in [5, 5.41) is 2.75. The van der Waals surface area contributed by atoms with Crippen molar-refractivity contribution in [1.29, 1.82) is 0 Å². The van der Waals surface area contributed by atoms with Gasteiger partial charge in [0.1, 0.15) is 0 Å². The quantitative estimate of drug-likeness (QED) is 0.600. The van der Waals surface area contributed by atoms with Gasteiger partial charge >= 0.3 is 5.97 Å². The van der Waals surface area contributed by atoms with E-state index >= 15 is 0 Å². The Bertz CT molecular complexity index is 1080. The topological polar surface area (TPSA) is 80.8 Å². The van der Waals surface area contributed by atoms with Crippen molar-refractivity contribution in [3.8, 4) is 11.3 Å². The highest BCUT2D eigenvalue weighted by atomic mass is 16.5. The Morgan fingerprint density at radius 3 is 2.41 bits per heavy atom. The van der Waals surface area contributed by atoms with E-state index in [2.05, 4.69) is 15.2 Å². The number of esters is 1. The van der Waals surface area contributed by atoms with E-state index in [0.29, 0.717) is 30.2 Å². The number of carbonyl (C=O) groups is 2. The molecule has 2 heterocycles. The number of carbonyl (C=O) groups excluding carboxylic acids is 2. The number of amides is 1. The van der Waals surface area contributed by atoms with Crippen molar-refractivity contribution in [3.05, 3.63) is 78.0 Å². The molecule has 1 aliphatic rings. The zero-order valence-electron chi connectivity index (χ0n) is 17.9. The summed E-state index contributed by atoms with van der Waals surface area (Å²) in [6.45, 7) is 4.51. The average molecular weight is 431 g/mol. The molecule has 1 aromatic heterocycles. The second-order valence-corrected chi connectivity index (χ2v) is 7.47. The first kappa shape index (κ1) is 21.5. The molecule has 4 rings (SSSR count). The minimum atomic E-state index is -0.576. The predicted octanol–water partition coefficient (Wildman–Crippen LogP) is 3.69. The van der Waals surface area contributed by atoms with Gasteiger partial charge in [0.15, 0.2) is 6.61 Å². The van der Waals surface area contributed by atoms with Crippen molar-refractivity contribution in [3.63, 3.8) is 0 Å². The zero-order valence-corrected chi connectivity index (χ0v) is 17.9. The van der Waals surface area contributed by atoms with Gasteiger partial charge in [-0.25, -0.2) is 4.79 Å². The van der Waals surface area contributed by atoms with Crippen LogP contribution in [-0.2, 0) is 14.3 Å². The van der Waals surface area contributed by atoms with Crippen molar-refractivity contribution in [2.45, 2.75) is 6.92 Å². The van der Waals surface area contributed by atoms with Gasteiger partial charge in [-0.1, -0.05) is 30.3 Å². The molecule has 0 spiro atoms. The molecule has 1 fully saturated rings. The summed E-state index contributed by atoms with van der Waals surface area (Å²) < 4.78 is 10.6. The highest BCUT2D eigenvalue weighted by Crippen LogP contribution is 2.20. The molecule has 1 aliphatic heterocycles. The Morgan fingerprint density at radius 2 is 1.72 bits per heavy atom. The van der Waals surface area contributed by atoms with E-state index < -0.39 is 11.9 Å². The largest absolute Gasteiger partial charge is 0.452 e. The van der Waals surface area contributed by atoms with E-state index in [1.807, 2.05) is 54.6 Å². The molecule has 164 valence electrons. The Kier molecular flexibility index (Phi) is 6.77. The van der Waals surface area contributed by atoms with Crippen molar-refractivity contribution in [1.82, 2.24) is 4.98 Å². The standard InChI is InChI=1S/C25H25N3O4/c1-18-22(11-12-23(26-18)19-5-3-2-4-6-19)25(30)32-17-24(29)27-20-7-9-21(10-8-20)28-13-15-31-16-14-28/h2-12H,13-17H2,1H3,(H,27,29). The molecule has 0 unspecified atom stereocenters. The normalized spacial score (nSPS) is 13.5. The SMILES string of the molecule is Cc1nc(-c2ccccc2)ccc1C(=O)OCC(=O)Nc1ccc(N2CCOCC2)cc1. The Balaban J connectivity index is 1.30. The van der Waals surface area contributed by atoms with Gasteiger partial charge in [-0.2, -0.15) is 0 Å². The Labute approximate surface area is 187 Å². The number of morpholine rings is 1. The first-order valence-electron chi connectivity index (χ1n) is 10.5. The smallest absolute Gasteiger partial charge is 0.340 e. The van der Waals surface area contributed by atoms with E-state index in [-0.39, 0.29) is 6.61 Å². The second-order valence-electron chi connectivity index (χ2n) is 7.47. The van der Waals surface area contributed by atoms with Crippen LogP contribution in [0.25, 0.3) is 11.3 Å². The summed E-state index contributed by atoms with van der Waals surface area (Å²) in [6.07, 6.45) is 0. The van der Waals surface area contributed by atoms with Crippen LogP contribution in [0.2, 0.25) is 0 Å². The molecule has 0 radical (unpaired) electrons. The molecule has 32 heavy (non-hydrogen) atoms. The van der Waals surface area contributed by atoms with Crippen LogP contribution in [-0.4, -0.2) is 49.8 Å². The van der Waals surface area contributed by atoms with Gasteiger partial charge in [-0.3, -0.25) is 9.78 Å². The third-order valence-corrected chi connectivity index (χ3v) is 5.24. The fourth-order valence-electron chi connectivity index (χ4n) is 3.53.